The van der Waals surface area contributed by atoms with Crippen LogP contribution in [0.1, 0.15) is 41.6 Å². The maximum Gasteiger partial charge on any atom is 0.323 e. The number of para-hydroxylation sites is 2. The van der Waals surface area contributed by atoms with Gasteiger partial charge in [-0.1, -0.05) is 60.1 Å². The molecule has 0 aromatic heterocycles. The number of ketones is 1. The molecule has 42 heavy (non-hydrogen) atoms. The van der Waals surface area contributed by atoms with Gasteiger partial charge in [0.2, 0.25) is 0 Å². The Morgan fingerprint density at radius 1 is 0.786 bits per heavy atom. The Kier molecular flexibility index (Phi) is 11.2. The van der Waals surface area contributed by atoms with Crippen LogP contribution in [-0.2, 0) is 5.60 Å². The summed E-state index contributed by atoms with van der Waals surface area (Å²) in [6.45, 7) is 2.41. The molecular weight excluding hydrogens is 553 g/mol. The number of benzene rings is 4. The lowest BCUT2D eigenvalue weighted by molar-refractivity contribution is -0.0260. The fourth-order valence-electron chi connectivity index (χ4n) is 4.78. The molecule has 1 aliphatic heterocycles. The van der Waals surface area contributed by atoms with Gasteiger partial charge in [-0.2, -0.15) is 0 Å². The van der Waals surface area contributed by atoms with Crippen molar-refractivity contribution in [3.05, 3.63) is 131 Å². The van der Waals surface area contributed by atoms with Gasteiger partial charge in [-0.15, -0.1) is 0 Å². The van der Waals surface area contributed by atoms with E-state index in [2.05, 4.69) is 15.5 Å². The molecule has 4 aromatic carbocycles. The maximum atomic E-state index is 12.9. The number of carbonyl (C=O) groups is 2. The number of amides is 2. The third-order valence-electron chi connectivity index (χ3n) is 7.17. The Bertz CT molecular complexity index is 1370. The summed E-state index contributed by atoms with van der Waals surface area (Å²) >= 11 is 5.92. The predicted octanol–water partition coefficient (Wildman–Crippen LogP) is 7.76. The summed E-state index contributed by atoms with van der Waals surface area (Å²) in [5.41, 5.74) is 2.22. The van der Waals surface area contributed by atoms with E-state index in [-0.39, 0.29) is 17.6 Å². The highest BCUT2D eigenvalue weighted by Crippen LogP contribution is 2.33. The number of nitrogens with zero attached hydrogens (tertiary/aromatic N) is 1. The molecule has 5 rings (SSSR count). The van der Waals surface area contributed by atoms with Crippen LogP contribution in [0.2, 0.25) is 5.02 Å². The first-order valence-corrected chi connectivity index (χ1v) is 14.4. The topological polar surface area (TPSA) is 81.7 Å². The molecule has 0 unspecified atom stereocenters. The minimum Gasteiger partial charge on any atom is -0.385 e. The maximum absolute atomic E-state index is 12.9. The lowest BCUT2D eigenvalue weighted by atomic mass is 9.84. The van der Waals surface area contributed by atoms with Crippen LogP contribution in [0, 0.1) is 5.82 Å². The van der Waals surface area contributed by atoms with Crippen LogP contribution in [0.25, 0.3) is 0 Å². The van der Waals surface area contributed by atoms with Crippen molar-refractivity contribution in [2.45, 2.75) is 31.3 Å². The first-order valence-electron chi connectivity index (χ1n) is 14.0. The van der Waals surface area contributed by atoms with Gasteiger partial charge in [-0.3, -0.25) is 4.79 Å². The summed E-state index contributed by atoms with van der Waals surface area (Å²) in [5.74, 6) is -0.289. The van der Waals surface area contributed by atoms with E-state index >= 15 is 0 Å². The van der Waals surface area contributed by atoms with Gasteiger partial charge in [-0.05, 0) is 92.0 Å². The van der Waals surface area contributed by atoms with Gasteiger partial charge in [0.15, 0.2) is 5.78 Å². The highest BCUT2D eigenvalue weighted by atomic mass is 35.5. The van der Waals surface area contributed by atoms with Crippen molar-refractivity contribution in [3.63, 3.8) is 0 Å². The molecule has 4 aromatic rings. The van der Waals surface area contributed by atoms with Crippen molar-refractivity contribution in [1.29, 1.82) is 0 Å². The standard InChI is InChI=1S/C21H23ClFNO2.C13H12N2O/c22-18-7-5-17(6-8-18)21(26)11-14-24(15-12-21)13-1-2-20(25)16-3-9-19(23)10-4-16;16-13(14-11-7-3-1-4-8-11)15-12-9-5-2-6-10-12/h3-10,26H,1-2,11-15H2;1-10H,(H2,14,15,16). The number of hydrogen-bond donors (Lipinski definition) is 3. The van der Waals surface area contributed by atoms with Gasteiger partial charge in [0.1, 0.15) is 5.82 Å². The lowest BCUT2D eigenvalue weighted by Gasteiger charge is -2.38. The van der Waals surface area contributed by atoms with E-state index in [9.17, 15) is 19.1 Å². The van der Waals surface area contributed by atoms with Crippen LogP contribution in [0.5, 0.6) is 0 Å². The molecule has 0 spiro atoms. The Hall–Kier alpha value is -4.04. The SMILES string of the molecule is O=C(CCCN1CCC(O)(c2ccc(Cl)cc2)CC1)c1ccc(F)cc1.O=C(Nc1ccccc1)Nc1ccccc1. The number of urea groups is 1. The van der Waals surface area contributed by atoms with Crippen molar-refractivity contribution in [2.24, 2.45) is 0 Å². The molecule has 2 amide bonds. The van der Waals surface area contributed by atoms with E-state index in [1.54, 1.807) is 0 Å². The summed E-state index contributed by atoms with van der Waals surface area (Å²) in [5, 5.41) is 17.0. The Balaban J connectivity index is 0.000000216. The number of likely N-dealkylation sites (tertiary alicyclic amines) is 1. The molecule has 1 saturated heterocycles. The molecule has 0 atom stereocenters. The first kappa shape index (κ1) is 30.9. The highest BCUT2D eigenvalue weighted by molar-refractivity contribution is 6.30. The largest absolute Gasteiger partial charge is 0.385 e. The van der Waals surface area contributed by atoms with Gasteiger partial charge in [0.25, 0.3) is 0 Å². The summed E-state index contributed by atoms with van der Waals surface area (Å²) < 4.78 is 12.9. The molecule has 0 radical (unpaired) electrons. The molecule has 1 aliphatic rings. The van der Waals surface area contributed by atoms with Crippen LogP contribution in [0.15, 0.2) is 109 Å². The van der Waals surface area contributed by atoms with Crippen molar-refractivity contribution in [2.75, 3.05) is 30.3 Å². The number of nitrogens with one attached hydrogen (secondary N) is 2. The molecule has 8 heteroatoms. The van der Waals surface area contributed by atoms with Gasteiger partial charge < -0.3 is 20.6 Å². The fraction of sp³-hybridized carbons (Fsp3) is 0.235. The zero-order valence-electron chi connectivity index (χ0n) is 23.3. The van der Waals surface area contributed by atoms with E-state index < -0.39 is 5.60 Å². The third kappa shape index (κ3) is 9.52. The van der Waals surface area contributed by atoms with Crippen molar-refractivity contribution < 1.29 is 19.1 Å². The van der Waals surface area contributed by atoms with E-state index in [1.807, 2.05) is 84.9 Å². The van der Waals surface area contributed by atoms with Crippen LogP contribution in [0.3, 0.4) is 0 Å². The van der Waals surface area contributed by atoms with Crippen LogP contribution >= 0.6 is 11.6 Å². The average Bonchev–Trinajstić information content (AvgIpc) is 3.00. The number of rotatable bonds is 8. The highest BCUT2D eigenvalue weighted by Gasteiger charge is 2.33. The van der Waals surface area contributed by atoms with Crippen LogP contribution in [-0.4, -0.2) is 41.5 Å². The number of carbonyl (C=O) groups excluding carboxylic acids is 2. The zero-order chi connectivity index (χ0) is 29.8. The minimum absolute atomic E-state index is 0.0414. The molecule has 0 saturated carbocycles. The fourth-order valence-corrected chi connectivity index (χ4v) is 4.90. The van der Waals surface area contributed by atoms with E-state index in [4.69, 9.17) is 11.6 Å². The molecule has 6 nitrogen and oxygen atoms in total. The van der Waals surface area contributed by atoms with Gasteiger partial charge in [0.05, 0.1) is 5.60 Å². The molecular formula is C34H35ClFN3O3. The zero-order valence-corrected chi connectivity index (χ0v) is 24.1. The van der Waals surface area contributed by atoms with E-state index in [0.717, 1.165) is 43.0 Å². The Morgan fingerprint density at radius 2 is 1.31 bits per heavy atom. The van der Waals surface area contributed by atoms with Gasteiger partial charge in [0, 0.05) is 41.5 Å². The van der Waals surface area contributed by atoms with Crippen molar-refractivity contribution in [1.82, 2.24) is 4.90 Å². The summed E-state index contributed by atoms with van der Waals surface area (Å²) in [6.07, 6.45) is 2.54. The number of hydrogen-bond acceptors (Lipinski definition) is 4. The van der Waals surface area contributed by atoms with Gasteiger partial charge >= 0.3 is 6.03 Å². The number of halogens is 2. The minimum atomic E-state index is -0.801. The molecule has 1 fully saturated rings. The number of anilines is 2. The number of aliphatic hydroxyl groups is 1. The Labute approximate surface area is 251 Å². The monoisotopic (exact) mass is 587 g/mol. The molecule has 1 heterocycles. The first-order chi connectivity index (χ1) is 20.3. The smallest absolute Gasteiger partial charge is 0.323 e. The predicted molar refractivity (Wildman–Crippen MR) is 167 cm³/mol. The summed E-state index contributed by atoms with van der Waals surface area (Å²) in [4.78, 5) is 26.0. The second-order valence-corrected chi connectivity index (χ2v) is 10.7. The Morgan fingerprint density at radius 3 is 1.83 bits per heavy atom. The quantitative estimate of drug-likeness (QED) is 0.184. The molecule has 218 valence electrons. The molecule has 0 bridgehead atoms. The number of piperidine rings is 1. The summed E-state index contributed by atoms with van der Waals surface area (Å²) in [6, 6.07) is 31.5. The summed E-state index contributed by atoms with van der Waals surface area (Å²) in [7, 11) is 0. The molecule has 3 N–H and O–H groups in total. The second kappa shape index (κ2) is 15.3. The van der Waals surface area contributed by atoms with Crippen molar-refractivity contribution >= 4 is 34.8 Å². The molecule has 0 aliphatic carbocycles. The van der Waals surface area contributed by atoms with E-state index in [1.165, 1.54) is 24.3 Å². The second-order valence-electron chi connectivity index (χ2n) is 10.2. The van der Waals surface area contributed by atoms with Gasteiger partial charge in [-0.25, -0.2) is 9.18 Å². The number of Topliss-reactive ketones (excluding diaryl/α,β-unsaturated/α-hetero) is 1. The van der Waals surface area contributed by atoms with Crippen LogP contribution < -0.4 is 10.6 Å². The van der Waals surface area contributed by atoms with Crippen molar-refractivity contribution in [3.8, 4) is 0 Å². The van der Waals surface area contributed by atoms with E-state index in [0.29, 0.717) is 29.8 Å². The lowest BCUT2D eigenvalue weighted by Crippen LogP contribution is -2.42. The third-order valence-corrected chi connectivity index (χ3v) is 7.42. The van der Waals surface area contributed by atoms with Crippen LogP contribution in [0.4, 0.5) is 20.6 Å². The normalized spacial score (nSPS) is 14.3. The average molecular weight is 588 g/mol.